The summed E-state index contributed by atoms with van der Waals surface area (Å²) in [4.78, 5) is 7.22. The average molecular weight is 263 g/mol. The summed E-state index contributed by atoms with van der Waals surface area (Å²) in [5, 5.41) is 3.30. The van der Waals surface area contributed by atoms with E-state index in [2.05, 4.69) is 15.3 Å². The van der Waals surface area contributed by atoms with E-state index in [9.17, 15) is 4.39 Å². The van der Waals surface area contributed by atoms with Gasteiger partial charge in [0.2, 0.25) is 0 Å². The molecule has 0 aliphatic carbocycles. The minimum Gasteiger partial charge on any atom is -0.496 e. The van der Waals surface area contributed by atoms with Crippen molar-refractivity contribution in [1.29, 1.82) is 0 Å². The first-order chi connectivity index (χ1) is 9.13. The van der Waals surface area contributed by atoms with Crippen LogP contribution in [0.1, 0.15) is 37.3 Å². The summed E-state index contributed by atoms with van der Waals surface area (Å²) >= 11 is 0. The van der Waals surface area contributed by atoms with E-state index in [1.54, 1.807) is 31.6 Å². The molecule has 0 saturated heterocycles. The SMILES string of the molecule is COc1cccc(F)c1C(C)NC(C)c1ncc[nH]1. The van der Waals surface area contributed by atoms with E-state index in [1.807, 2.05) is 13.8 Å². The Bertz CT molecular complexity index is 527. The van der Waals surface area contributed by atoms with Crippen LogP contribution >= 0.6 is 0 Å². The van der Waals surface area contributed by atoms with Crippen molar-refractivity contribution < 1.29 is 9.13 Å². The molecule has 1 aromatic carbocycles. The van der Waals surface area contributed by atoms with Crippen molar-refractivity contribution in [1.82, 2.24) is 15.3 Å². The van der Waals surface area contributed by atoms with Crippen LogP contribution in [-0.4, -0.2) is 17.1 Å². The minimum atomic E-state index is -0.272. The Morgan fingerprint density at radius 2 is 2.11 bits per heavy atom. The van der Waals surface area contributed by atoms with E-state index in [0.29, 0.717) is 11.3 Å². The molecule has 0 bridgehead atoms. The van der Waals surface area contributed by atoms with Gasteiger partial charge in [0.1, 0.15) is 17.4 Å². The smallest absolute Gasteiger partial charge is 0.131 e. The van der Waals surface area contributed by atoms with E-state index in [0.717, 1.165) is 5.82 Å². The Labute approximate surface area is 112 Å². The zero-order valence-electron chi connectivity index (χ0n) is 11.3. The lowest BCUT2D eigenvalue weighted by molar-refractivity contribution is 0.386. The lowest BCUT2D eigenvalue weighted by atomic mass is 10.1. The summed E-state index contributed by atoms with van der Waals surface area (Å²) in [5.41, 5.74) is 0.531. The Kier molecular flexibility index (Phi) is 4.16. The maximum Gasteiger partial charge on any atom is 0.131 e. The molecule has 0 aliphatic rings. The second kappa shape index (κ2) is 5.84. The number of aromatic amines is 1. The Morgan fingerprint density at radius 1 is 1.32 bits per heavy atom. The molecule has 0 aliphatic heterocycles. The van der Waals surface area contributed by atoms with Crippen molar-refractivity contribution in [3.8, 4) is 5.75 Å². The van der Waals surface area contributed by atoms with Gasteiger partial charge in [0.15, 0.2) is 0 Å². The van der Waals surface area contributed by atoms with Gasteiger partial charge >= 0.3 is 0 Å². The highest BCUT2D eigenvalue weighted by Gasteiger charge is 2.19. The second-order valence-electron chi connectivity index (χ2n) is 4.44. The molecule has 2 aromatic rings. The molecule has 1 heterocycles. The molecule has 2 unspecified atom stereocenters. The van der Waals surface area contributed by atoms with Gasteiger partial charge in [0, 0.05) is 24.0 Å². The molecule has 0 radical (unpaired) electrons. The number of methoxy groups -OCH3 is 1. The number of ether oxygens (including phenoxy) is 1. The average Bonchev–Trinajstić information content (AvgIpc) is 2.92. The molecule has 1 aromatic heterocycles. The quantitative estimate of drug-likeness (QED) is 0.872. The summed E-state index contributed by atoms with van der Waals surface area (Å²) < 4.78 is 19.2. The van der Waals surface area contributed by atoms with Crippen LogP contribution in [0.25, 0.3) is 0 Å². The van der Waals surface area contributed by atoms with Crippen LogP contribution in [0, 0.1) is 5.82 Å². The van der Waals surface area contributed by atoms with Crippen molar-refractivity contribution in [3.63, 3.8) is 0 Å². The number of nitrogens with one attached hydrogen (secondary N) is 2. The lowest BCUT2D eigenvalue weighted by Crippen LogP contribution is -2.24. The number of imidazole rings is 1. The summed E-state index contributed by atoms with van der Waals surface area (Å²) in [6, 6.07) is 4.65. The molecule has 0 spiro atoms. The maximum atomic E-state index is 13.9. The second-order valence-corrected chi connectivity index (χ2v) is 4.44. The van der Waals surface area contributed by atoms with Crippen LogP contribution in [0.4, 0.5) is 4.39 Å². The van der Waals surface area contributed by atoms with Crippen LogP contribution in [0.2, 0.25) is 0 Å². The molecule has 19 heavy (non-hydrogen) atoms. The number of aromatic nitrogens is 2. The number of hydrogen-bond acceptors (Lipinski definition) is 3. The summed E-state index contributed by atoms with van der Waals surface area (Å²) in [6.07, 6.45) is 3.46. The standard InChI is InChI=1S/C14H18FN3O/c1-9(18-10(2)14-16-7-8-17-14)13-11(15)5-4-6-12(13)19-3/h4-10,18H,1-3H3,(H,16,17). The minimum absolute atomic E-state index is 0.00527. The Balaban J connectivity index is 2.18. The van der Waals surface area contributed by atoms with Gasteiger partial charge in [0.05, 0.1) is 13.2 Å². The van der Waals surface area contributed by atoms with Crippen LogP contribution < -0.4 is 10.1 Å². The first-order valence-corrected chi connectivity index (χ1v) is 6.21. The van der Waals surface area contributed by atoms with Crippen molar-refractivity contribution in [3.05, 3.63) is 47.8 Å². The molecular formula is C14H18FN3O. The third-order valence-corrected chi connectivity index (χ3v) is 3.10. The summed E-state index contributed by atoms with van der Waals surface area (Å²) in [6.45, 7) is 3.88. The third kappa shape index (κ3) is 2.93. The lowest BCUT2D eigenvalue weighted by Gasteiger charge is -2.21. The van der Waals surface area contributed by atoms with Gasteiger partial charge in [-0.2, -0.15) is 0 Å². The molecule has 2 atom stereocenters. The fraction of sp³-hybridized carbons (Fsp3) is 0.357. The van der Waals surface area contributed by atoms with E-state index < -0.39 is 0 Å². The normalized spacial score (nSPS) is 14.1. The maximum absolute atomic E-state index is 13.9. The van der Waals surface area contributed by atoms with E-state index in [1.165, 1.54) is 6.07 Å². The van der Waals surface area contributed by atoms with Gasteiger partial charge in [-0.15, -0.1) is 0 Å². The monoisotopic (exact) mass is 263 g/mol. The zero-order valence-corrected chi connectivity index (χ0v) is 11.3. The van der Waals surface area contributed by atoms with Gasteiger partial charge in [0.25, 0.3) is 0 Å². The fourth-order valence-electron chi connectivity index (χ4n) is 2.17. The number of H-pyrrole nitrogens is 1. The van der Waals surface area contributed by atoms with Gasteiger partial charge in [-0.3, -0.25) is 0 Å². The number of benzene rings is 1. The molecule has 102 valence electrons. The molecule has 0 saturated carbocycles. The summed E-state index contributed by atoms with van der Waals surface area (Å²) in [7, 11) is 1.54. The number of nitrogens with zero attached hydrogens (tertiary/aromatic N) is 1. The van der Waals surface area contributed by atoms with Gasteiger partial charge in [-0.1, -0.05) is 6.07 Å². The Morgan fingerprint density at radius 3 is 2.74 bits per heavy atom. The van der Waals surface area contributed by atoms with Gasteiger partial charge in [-0.25, -0.2) is 9.37 Å². The van der Waals surface area contributed by atoms with Gasteiger partial charge in [-0.05, 0) is 26.0 Å². The Hall–Kier alpha value is -1.88. The molecule has 2 rings (SSSR count). The topological polar surface area (TPSA) is 49.9 Å². The largest absolute Gasteiger partial charge is 0.496 e. The van der Waals surface area contributed by atoms with E-state index in [-0.39, 0.29) is 17.9 Å². The zero-order chi connectivity index (χ0) is 13.8. The number of hydrogen-bond donors (Lipinski definition) is 2. The van der Waals surface area contributed by atoms with Crippen LogP contribution in [-0.2, 0) is 0 Å². The fourth-order valence-corrected chi connectivity index (χ4v) is 2.17. The van der Waals surface area contributed by atoms with Crippen molar-refractivity contribution in [2.24, 2.45) is 0 Å². The highest BCUT2D eigenvalue weighted by atomic mass is 19.1. The molecule has 5 heteroatoms. The van der Waals surface area contributed by atoms with E-state index >= 15 is 0 Å². The van der Waals surface area contributed by atoms with Crippen molar-refractivity contribution in [2.75, 3.05) is 7.11 Å². The van der Waals surface area contributed by atoms with E-state index in [4.69, 9.17) is 4.74 Å². The molecule has 4 nitrogen and oxygen atoms in total. The van der Waals surface area contributed by atoms with Crippen LogP contribution in [0.5, 0.6) is 5.75 Å². The first-order valence-electron chi connectivity index (χ1n) is 6.21. The highest BCUT2D eigenvalue weighted by Crippen LogP contribution is 2.29. The van der Waals surface area contributed by atoms with Crippen LogP contribution in [0.15, 0.2) is 30.6 Å². The predicted molar refractivity (Wildman–Crippen MR) is 71.5 cm³/mol. The van der Waals surface area contributed by atoms with Crippen molar-refractivity contribution >= 4 is 0 Å². The number of halogens is 1. The molecule has 0 amide bonds. The molecule has 0 fully saturated rings. The third-order valence-electron chi connectivity index (χ3n) is 3.10. The first kappa shape index (κ1) is 13.5. The highest BCUT2D eigenvalue weighted by molar-refractivity contribution is 5.37. The summed E-state index contributed by atoms with van der Waals surface area (Å²) in [5.74, 6) is 1.10. The van der Waals surface area contributed by atoms with Crippen molar-refractivity contribution in [2.45, 2.75) is 25.9 Å². The number of rotatable bonds is 5. The van der Waals surface area contributed by atoms with Gasteiger partial charge < -0.3 is 15.0 Å². The predicted octanol–water partition coefficient (Wildman–Crippen LogP) is 2.97. The van der Waals surface area contributed by atoms with Crippen LogP contribution in [0.3, 0.4) is 0 Å². The molecular weight excluding hydrogens is 245 g/mol. The molecule has 2 N–H and O–H groups in total.